The molecule has 0 aromatic heterocycles. The number of hydrogen-bond donors (Lipinski definition) is 1. The number of carboxylic acids is 1. The highest BCUT2D eigenvalue weighted by Crippen LogP contribution is 2.13. The molecule has 0 spiro atoms. The van der Waals surface area contributed by atoms with Gasteiger partial charge in [0.1, 0.15) is 19.0 Å². The molecule has 2 rings (SSSR count). The third-order valence-electron chi connectivity index (χ3n) is 3.82. The van der Waals surface area contributed by atoms with Crippen LogP contribution in [0.3, 0.4) is 0 Å². The lowest BCUT2D eigenvalue weighted by molar-refractivity contribution is -0.136. The number of halogens is 1. The summed E-state index contributed by atoms with van der Waals surface area (Å²) in [5.41, 5.74) is 0.767. The molecule has 1 aliphatic rings. The molecule has 1 aromatic rings. The van der Waals surface area contributed by atoms with Crippen molar-refractivity contribution in [2.45, 2.75) is 6.42 Å². The second-order valence-electron chi connectivity index (χ2n) is 5.44. The van der Waals surface area contributed by atoms with Gasteiger partial charge in [-0.15, -0.1) is 0 Å². The van der Waals surface area contributed by atoms with E-state index in [1.807, 2.05) is 0 Å². The molecule has 0 amide bonds. The van der Waals surface area contributed by atoms with E-state index in [1.54, 1.807) is 24.3 Å². The van der Waals surface area contributed by atoms with Gasteiger partial charge in [-0.2, -0.15) is 0 Å². The lowest BCUT2D eigenvalue weighted by Gasteiger charge is -2.33. The first-order chi connectivity index (χ1) is 10.7. The molecular formula is C16H23FN2O3. The molecule has 1 aliphatic heterocycles. The Labute approximate surface area is 130 Å². The third-order valence-corrected chi connectivity index (χ3v) is 3.82. The minimum Gasteiger partial charge on any atom is -0.492 e. The molecule has 1 heterocycles. The summed E-state index contributed by atoms with van der Waals surface area (Å²) in [4.78, 5) is 15.1. The van der Waals surface area contributed by atoms with Crippen LogP contribution in [-0.4, -0.2) is 73.4 Å². The highest BCUT2D eigenvalue weighted by Gasteiger charge is 2.15. The number of ether oxygens (including phenoxy) is 1. The summed E-state index contributed by atoms with van der Waals surface area (Å²) in [6, 6.07) is 7.16. The van der Waals surface area contributed by atoms with Crippen molar-refractivity contribution in [1.82, 2.24) is 9.80 Å². The van der Waals surface area contributed by atoms with Crippen molar-refractivity contribution >= 4 is 5.97 Å². The van der Waals surface area contributed by atoms with Crippen LogP contribution in [0.15, 0.2) is 24.3 Å². The molecule has 1 fully saturated rings. The molecule has 1 N–H and O–H groups in total. The van der Waals surface area contributed by atoms with Crippen molar-refractivity contribution in [3.05, 3.63) is 29.8 Å². The summed E-state index contributed by atoms with van der Waals surface area (Å²) in [7, 11) is 0. The fraction of sp³-hybridized carbons (Fsp3) is 0.562. The number of carbonyl (C=O) groups is 1. The Balaban J connectivity index is 1.65. The van der Waals surface area contributed by atoms with Crippen LogP contribution in [0.2, 0.25) is 0 Å². The molecule has 1 aromatic carbocycles. The number of benzene rings is 1. The van der Waals surface area contributed by atoms with Gasteiger partial charge in [0, 0.05) is 39.3 Å². The maximum atomic E-state index is 12.3. The van der Waals surface area contributed by atoms with Crippen LogP contribution in [-0.2, 0) is 11.2 Å². The van der Waals surface area contributed by atoms with Gasteiger partial charge in [-0.05, 0) is 17.7 Å². The lowest BCUT2D eigenvalue weighted by atomic mass is 10.1. The SMILES string of the molecule is O=C(O)Cc1ccc(OCCN2CCN(CCF)CC2)cc1. The molecule has 5 nitrogen and oxygen atoms in total. The number of rotatable bonds is 8. The molecule has 0 radical (unpaired) electrons. The first kappa shape index (κ1) is 16.7. The van der Waals surface area contributed by atoms with Crippen molar-refractivity contribution in [3.63, 3.8) is 0 Å². The summed E-state index contributed by atoms with van der Waals surface area (Å²) in [6.07, 6.45) is 0.0312. The molecule has 0 aliphatic carbocycles. The van der Waals surface area contributed by atoms with Gasteiger partial charge in [-0.25, -0.2) is 4.39 Å². The van der Waals surface area contributed by atoms with Gasteiger partial charge in [0.05, 0.1) is 6.42 Å². The fourth-order valence-corrected chi connectivity index (χ4v) is 2.53. The van der Waals surface area contributed by atoms with Gasteiger partial charge >= 0.3 is 5.97 Å². The lowest BCUT2D eigenvalue weighted by Crippen LogP contribution is -2.47. The Hall–Kier alpha value is -1.66. The van der Waals surface area contributed by atoms with Crippen LogP contribution < -0.4 is 4.74 Å². The van der Waals surface area contributed by atoms with E-state index >= 15 is 0 Å². The van der Waals surface area contributed by atoms with E-state index in [9.17, 15) is 9.18 Å². The van der Waals surface area contributed by atoms with E-state index in [0.29, 0.717) is 13.2 Å². The van der Waals surface area contributed by atoms with Gasteiger partial charge in [0.2, 0.25) is 0 Å². The second kappa shape index (κ2) is 8.70. The van der Waals surface area contributed by atoms with E-state index in [4.69, 9.17) is 9.84 Å². The van der Waals surface area contributed by atoms with Gasteiger partial charge < -0.3 is 9.84 Å². The summed E-state index contributed by atoms with van der Waals surface area (Å²) in [5.74, 6) is -0.0780. The van der Waals surface area contributed by atoms with Crippen LogP contribution in [0.25, 0.3) is 0 Å². The van der Waals surface area contributed by atoms with E-state index in [2.05, 4.69) is 9.80 Å². The van der Waals surface area contributed by atoms with Crippen molar-refractivity contribution in [2.75, 3.05) is 52.6 Å². The summed E-state index contributed by atoms with van der Waals surface area (Å²) >= 11 is 0. The number of piperazine rings is 1. The molecule has 0 unspecified atom stereocenters. The van der Waals surface area contributed by atoms with Crippen molar-refractivity contribution in [2.24, 2.45) is 0 Å². The second-order valence-corrected chi connectivity index (χ2v) is 5.44. The number of carboxylic acid groups (broad SMARTS) is 1. The van der Waals surface area contributed by atoms with Crippen LogP contribution >= 0.6 is 0 Å². The van der Waals surface area contributed by atoms with E-state index < -0.39 is 5.97 Å². The predicted molar refractivity (Wildman–Crippen MR) is 82.1 cm³/mol. The highest BCUT2D eigenvalue weighted by molar-refractivity contribution is 5.70. The van der Waals surface area contributed by atoms with E-state index in [-0.39, 0.29) is 13.1 Å². The average molecular weight is 310 g/mol. The third kappa shape index (κ3) is 5.61. The minimum atomic E-state index is -0.833. The Kier molecular flexibility index (Phi) is 6.61. The van der Waals surface area contributed by atoms with Crippen molar-refractivity contribution < 1.29 is 19.0 Å². The van der Waals surface area contributed by atoms with Gasteiger partial charge in [-0.3, -0.25) is 14.6 Å². The first-order valence-corrected chi connectivity index (χ1v) is 7.61. The molecule has 0 atom stereocenters. The van der Waals surface area contributed by atoms with Crippen molar-refractivity contribution in [1.29, 1.82) is 0 Å². The Morgan fingerprint density at radius 2 is 1.68 bits per heavy atom. The largest absolute Gasteiger partial charge is 0.492 e. The molecule has 0 bridgehead atoms. The number of hydrogen-bond acceptors (Lipinski definition) is 4. The first-order valence-electron chi connectivity index (χ1n) is 7.61. The summed E-state index contributed by atoms with van der Waals surface area (Å²) in [5, 5.41) is 8.71. The Morgan fingerprint density at radius 1 is 1.09 bits per heavy atom. The zero-order chi connectivity index (χ0) is 15.8. The summed E-state index contributed by atoms with van der Waals surface area (Å²) in [6.45, 7) is 5.42. The quantitative estimate of drug-likeness (QED) is 0.784. The monoisotopic (exact) mass is 310 g/mol. The molecule has 0 saturated carbocycles. The number of alkyl halides is 1. The maximum absolute atomic E-state index is 12.3. The average Bonchev–Trinajstić information content (AvgIpc) is 2.50. The fourth-order valence-electron chi connectivity index (χ4n) is 2.53. The predicted octanol–water partition coefficient (Wildman–Crippen LogP) is 1.28. The smallest absolute Gasteiger partial charge is 0.307 e. The van der Waals surface area contributed by atoms with Crippen LogP contribution in [0, 0.1) is 0 Å². The standard InChI is InChI=1S/C16H23FN2O3/c17-5-6-18-7-9-19(10-8-18)11-12-22-15-3-1-14(2-4-15)13-16(20)21/h1-4H,5-13H2,(H,20,21). The normalized spacial score (nSPS) is 16.6. The number of aliphatic carboxylic acids is 1. The summed E-state index contributed by atoms with van der Waals surface area (Å²) < 4.78 is 17.9. The Morgan fingerprint density at radius 3 is 2.23 bits per heavy atom. The van der Waals surface area contributed by atoms with Gasteiger partial charge in [-0.1, -0.05) is 12.1 Å². The van der Waals surface area contributed by atoms with Crippen LogP contribution in [0.5, 0.6) is 5.75 Å². The van der Waals surface area contributed by atoms with E-state index in [1.165, 1.54) is 0 Å². The molecule has 6 heteroatoms. The van der Waals surface area contributed by atoms with Gasteiger partial charge in [0.25, 0.3) is 0 Å². The molecule has 1 saturated heterocycles. The number of nitrogens with zero attached hydrogens (tertiary/aromatic N) is 2. The molecule has 122 valence electrons. The minimum absolute atomic E-state index is 0.0312. The van der Waals surface area contributed by atoms with Crippen molar-refractivity contribution in [3.8, 4) is 5.75 Å². The topological polar surface area (TPSA) is 53.0 Å². The Bertz CT molecular complexity index is 459. The zero-order valence-corrected chi connectivity index (χ0v) is 12.7. The highest BCUT2D eigenvalue weighted by atomic mass is 19.1. The maximum Gasteiger partial charge on any atom is 0.307 e. The van der Waals surface area contributed by atoms with Gasteiger partial charge in [0.15, 0.2) is 0 Å². The molecule has 22 heavy (non-hydrogen) atoms. The molecular weight excluding hydrogens is 287 g/mol. The van der Waals surface area contributed by atoms with Crippen LogP contribution in [0.1, 0.15) is 5.56 Å². The zero-order valence-electron chi connectivity index (χ0n) is 12.7. The van der Waals surface area contributed by atoms with Crippen LogP contribution in [0.4, 0.5) is 4.39 Å². The van der Waals surface area contributed by atoms with E-state index in [0.717, 1.165) is 44.0 Å².